The van der Waals surface area contributed by atoms with Crippen molar-refractivity contribution in [2.75, 3.05) is 31.5 Å². The van der Waals surface area contributed by atoms with Crippen molar-refractivity contribution in [2.24, 2.45) is 5.92 Å². The summed E-state index contributed by atoms with van der Waals surface area (Å²) < 4.78 is 67.9. The summed E-state index contributed by atoms with van der Waals surface area (Å²) in [5, 5.41) is 13.6. The number of aromatic nitrogens is 1. The van der Waals surface area contributed by atoms with Gasteiger partial charge in [0.1, 0.15) is 22.4 Å². The molecular formula is C28H36N4O8S2. The van der Waals surface area contributed by atoms with Crippen LogP contribution in [0.4, 0.5) is 5.69 Å². The van der Waals surface area contributed by atoms with Gasteiger partial charge in [0.2, 0.25) is 15.9 Å². The number of aliphatic hydroxyl groups is 1. The maximum Gasteiger partial charge on any atom is 0.261 e. The molecule has 2 aromatic carbocycles. The summed E-state index contributed by atoms with van der Waals surface area (Å²) in [4.78, 5) is 15.1. The Morgan fingerprint density at radius 3 is 2.45 bits per heavy atom. The summed E-state index contributed by atoms with van der Waals surface area (Å²) in [6, 6.07) is 12.0. The lowest BCUT2D eigenvalue weighted by Crippen LogP contribution is -2.48. The summed E-state index contributed by atoms with van der Waals surface area (Å²) in [5.74, 6) is -0.141. The predicted molar refractivity (Wildman–Crippen MR) is 155 cm³/mol. The highest BCUT2D eigenvalue weighted by Gasteiger charge is 2.35. The number of carbonyl (C=O) groups excluding carboxylic acids is 1. The van der Waals surface area contributed by atoms with Crippen LogP contribution < -0.4 is 9.46 Å². The average molecular weight is 621 g/mol. The zero-order chi connectivity index (χ0) is 30.8. The Bertz CT molecular complexity index is 1620. The van der Waals surface area contributed by atoms with E-state index in [0.29, 0.717) is 11.3 Å². The highest BCUT2D eigenvalue weighted by Crippen LogP contribution is 2.31. The molecule has 1 aliphatic rings. The Balaban J connectivity index is 1.70. The van der Waals surface area contributed by atoms with Crippen LogP contribution in [0.15, 0.2) is 62.8 Å². The lowest BCUT2D eigenvalue weighted by Gasteiger charge is -2.33. The molecular weight excluding hydrogens is 584 g/mol. The maximum absolute atomic E-state index is 13.5. The topological polar surface area (TPSA) is 159 Å². The molecule has 14 heteroatoms. The molecule has 2 heterocycles. The van der Waals surface area contributed by atoms with Gasteiger partial charge in [0.05, 0.1) is 30.5 Å². The lowest BCUT2D eigenvalue weighted by molar-refractivity contribution is -0.134. The van der Waals surface area contributed by atoms with E-state index in [0.717, 1.165) is 0 Å². The maximum atomic E-state index is 13.5. The first-order chi connectivity index (χ1) is 19.7. The second kappa shape index (κ2) is 12.4. The normalized spacial score (nSPS) is 18.9. The van der Waals surface area contributed by atoms with Gasteiger partial charge in [0, 0.05) is 30.8 Å². The molecule has 12 nitrogen and oxygen atoms in total. The molecule has 0 spiro atoms. The summed E-state index contributed by atoms with van der Waals surface area (Å²) in [6.45, 7) is 6.51. The second-order valence-electron chi connectivity index (χ2n) is 10.6. The number of benzene rings is 2. The number of rotatable bonds is 9. The fourth-order valence-corrected chi connectivity index (χ4v) is 7.41. The molecule has 228 valence electrons. The first-order valence-corrected chi connectivity index (χ1v) is 16.3. The molecule has 0 unspecified atom stereocenters. The third-order valence-corrected chi connectivity index (χ3v) is 10.8. The van der Waals surface area contributed by atoms with Crippen LogP contribution in [0.1, 0.15) is 30.9 Å². The van der Waals surface area contributed by atoms with Gasteiger partial charge in [-0.3, -0.25) is 9.52 Å². The molecule has 0 bridgehead atoms. The van der Waals surface area contributed by atoms with Crippen LogP contribution in [0.5, 0.6) is 5.75 Å². The fourth-order valence-electron chi connectivity index (χ4n) is 4.87. The first-order valence-electron chi connectivity index (χ1n) is 13.4. The number of aryl methyl sites for hydroxylation is 2. The molecule has 1 aliphatic heterocycles. The Morgan fingerprint density at radius 2 is 1.83 bits per heavy atom. The second-order valence-corrected chi connectivity index (χ2v) is 14.2. The molecule has 42 heavy (non-hydrogen) atoms. The van der Waals surface area contributed by atoms with E-state index in [4.69, 9.17) is 9.26 Å². The van der Waals surface area contributed by atoms with Crippen molar-refractivity contribution in [3.05, 3.63) is 65.5 Å². The molecule has 1 aromatic heterocycles. The van der Waals surface area contributed by atoms with Crippen molar-refractivity contribution in [1.82, 2.24) is 14.4 Å². The van der Waals surface area contributed by atoms with Crippen LogP contribution in [0.3, 0.4) is 0 Å². The van der Waals surface area contributed by atoms with Crippen molar-refractivity contribution >= 4 is 31.6 Å². The van der Waals surface area contributed by atoms with Gasteiger partial charge in [-0.15, -0.1) is 0 Å². The molecule has 0 saturated heterocycles. The van der Waals surface area contributed by atoms with Gasteiger partial charge in [-0.25, -0.2) is 16.8 Å². The van der Waals surface area contributed by atoms with E-state index < -0.39 is 32.2 Å². The van der Waals surface area contributed by atoms with Gasteiger partial charge in [0.25, 0.3) is 10.0 Å². The molecule has 2 N–H and O–H groups in total. The minimum absolute atomic E-state index is 0.0119. The van der Waals surface area contributed by atoms with Crippen molar-refractivity contribution in [3.8, 4) is 5.75 Å². The number of nitrogens with one attached hydrogen (secondary N) is 1. The highest BCUT2D eigenvalue weighted by molar-refractivity contribution is 7.92. The van der Waals surface area contributed by atoms with Gasteiger partial charge in [-0.2, -0.15) is 4.31 Å². The molecule has 0 aliphatic carbocycles. The number of hydrogen-bond donors (Lipinski definition) is 2. The largest absolute Gasteiger partial charge is 0.488 e. The number of hydrogen-bond acceptors (Lipinski definition) is 9. The number of anilines is 1. The smallest absolute Gasteiger partial charge is 0.261 e. The van der Waals surface area contributed by atoms with Gasteiger partial charge in [-0.05, 0) is 51.1 Å². The highest BCUT2D eigenvalue weighted by atomic mass is 32.2. The molecule has 1 amide bonds. The SMILES string of the molecule is Cc1noc(C)c1S(=O)(=O)N(C)C[C@@H]1Oc2ccc(NS(=O)(=O)c3ccccc3)cc2CC(=O)N([C@H](C)CO)C[C@H]1C. The van der Waals surface area contributed by atoms with E-state index in [9.17, 15) is 26.7 Å². The molecule has 0 radical (unpaired) electrons. The van der Waals surface area contributed by atoms with E-state index in [1.807, 2.05) is 6.92 Å². The Hall–Kier alpha value is -3.46. The summed E-state index contributed by atoms with van der Waals surface area (Å²) in [5.41, 5.74) is 0.892. The standard InChI is InChI=1S/C28H36N4O8S2/c1-18-15-32(19(2)17-33)27(34)14-22-13-23(30-41(35,36)24-9-7-6-8-10-24)11-12-25(22)39-26(18)16-31(5)42(37,38)28-20(3)29-40-21(28)4/h6-13,18-19,26,30,33H,14-17H2,1-5H3/t18-,19-,26+/m1/s1. The van der Waals surface area contributed by atoms with Crippen molar-refractivity contribution in [3.63, 3.8) is 0 Å². The molecule has 0 saturated carbocycles. The van der Waals surface area contributed by atoms with Crippen LogP contribution in [-0.4, -0.2) is 81.1 Å². The number of nitrogens with zero attached hydrogens (tertiary/aromatic N) is 3. The number of amides is 1. The van der Waals surface area contributed by atoms with Gasteiger partial charge in [0.15, 0.2) is 5.76 Å². The van der Waals surface area contributed by atoms with Gasteiger partial charge < -0.3 is 19.3 Å². The molecule has 3 aromatic rings. The quantitative estimate of drug-likeness (QED) is 0.367. The predicted octanol–water partition coefficient (Wildman–Crippen LogP) is 2.56. The Labute approximate surface area is 246 Å². The summed E-state index contributed by atoms with van der Waals surface area (Å²) in [6.07, 6.45) is -0.831. The van der Waals surface area contributed by atoms with Gasteiger partial charge in [-0.1, -0.05) is 30.3 Å². The van der Waals surface area contributed by atoms with Crippen LogP contribution in [-0.2, 0) is 31.3 Å². The van der Waals surface area contributed by atoms with Crippen molar-refractivity contribution < 1.29 is 36.0 Å². The van der Waals surface area contributed by atoms with Crippen LogP contribution >= 0.6 is 0 Å². The minimum atomic E-state index is -3.99. The van der Waals surface area contributed by atoms with Gasteiger partial charge >= 0.3 is 0 Å². The van der Waals surface area contributed by atoms with Crippen LogP contribution in [0.2, 0.25) is 0 Å². The zero-order valence-electron chi connectivity index (χ0n) is 24.1. The van der Waals surface area contributed by atoms with E-state index in [-0.39, 0.29) is 64.9 Å². The number of ether oxygens (including phenoxy) is 1. The fraction of sp³-hybridized carbons (Fsp3) is 0.429. The zero-order valence-corrected chi connectivity index (χ0v) is 25.8. The van der Waals surface area contributed by atoms with Crippen molar-refractivity contribution in [2.45, 2.75) is 56.1 Å². The van der Waals surface area contributed by atoms with E-state index in [2.05, 4.69) is 9.88 Å². The average Bonchev–Trinajstić information content (AvgIpc) is 3.31. The number of aliphatic hydroxyl groups excluding tert-OH is 1. The molecule has 0 fully saturated rings. The first kappa shape index (κ1) is 31.5. The number of carbonyl (C=O) groups is 1. The van der Waals surface area contributed by atoms with Crippen LogP contribution in [0.25, 0.3) is 0 Å². The van der Waals surface area contributed by atoms with E-state index in [1.165, 1.54) is 42.5 Å². The summed E-state index contributed by atoms with van der Waals surface area (Å²) >= 11 is 0. The van der Waals surface area contributed by atoms with Crippen molar-refractivity contribution in [1.29, 1.82) is 0 Å². The Kier molecular flexibility index (Phi) is 9.30. The van der Waals surface area contributed by atoms with E-state index >= 15 is 0 Å². The Morgan fingerprint density at radius 1 is 1.14 bits per heavy atom. The summed E-state index contributed by atoms with van der Waals surface area (Å²) in [7, 11) is -6.44. The monoisotopic (exact) mass is 620 g/mol. The molecule has 4 rings (SSSR count). The number of sulfonamides is 2. The third-order valence-electron chi connectivity index (χ3n) is 7.30. The molecule has 3 atom stereocenters. The lowest BCUT2D eigenvalue weighted by atomic mass is 10.0. The number of fused-ring (bicyclic) bond motifs is 1. The minimum Gasteiger partial charge on any atom is -0.488 e. The van der Waals surface area contributed by atoms with E-state index in [1.54, 1.807) is 43.0 Å². The van der Waals surface area contributed by atoms with Crippen LogP contribution in [0, 0.1) is 19.8 Å². The third kappa shape index (κ3) is 6.61. The number of likely N-dealkylation sites (N-methyl/N-ethyl adjacent to an activating group) is 1.